The van der Waals surface area contributed by atoms with Gasteiger partial charge in [0.25, 0.3) is 0 Å². The predicted molar refractivity (Wildman–Crippen MR) is 78.5 cm³/mol. The Labute approximate surface area is 129 Å². The Kier molecular flexibility index (Phi) is 14.4. The van der Waals surface area contributed by atoms with Gasteiger partial charge in [0.2, 0.25) is 0 Å². The molecular weight excluding hydrogens is 292 g/mol. The molecule has 0 atom stereocenters. The first-order valence-electron chi connectivity index (χ1n) is 6.34. The fraction of sp³-hybridized carbons (Fsp3) is 0.333. The van der Waals surface area contributed by atoms with Crippen molar-refractivity contribution >= 4 is 23.9 Å². The summed E-state index contributed by atoms with van der Waals surface area (Å²) in [5.41, 5.74) is 0. The van der Waals surface area contributed by atoms with E-state index in [0.717, 1.165) is 31.1 Å². The molecular formula is C15H20O7. The first-order chi connectivity index (χ1) is 10.4. The molecule has 0 amide bonds. The first kappa shape index (κ1) is 21.6. The van der Waals surface area contributed by atoms with Crippen molar-refractivity contribution in [3.63, 3.8) is 0 Å². The van der Waals surface area contributed by atoms with E-state index in [2.05, 4.69) is 27.4 Å². The summed E-state index contributed by atoms with van der Waals surface area (Å²) in [7, 11) is 1.31. The summed E-state index contributed by atoms with van der Waals surface area (Å²) in [5, 5.41) is 0. The lowest BCUT2D eigenvalue weighted by atomic mass is 10.4. The van der Waals surface area contributed by atoms with Gasteiger partial charge in [0.15, 0.2) is 0 Å². The summed E-state index contributed by atoms with van der Waals surface area (Å²) in [4.78, 5) is 40.0. The largest absolute Gasteiger partial charge is 0.466 e. The van der Waals surface area contributed by atoms with Crippen molar-refractivity contribution in [2.24, 2.45) is 0 Å². The maximum absolute atomic E-state index is 10.3. The fourth-order valence-corrected chi connectivity index (χ4v) is 0.763. The fourth-order valence-electron chi connectivity index (χ4n) is 0.763. The summed E-state index contributed by atoms with van der Waals surface area (Å²) < 4.78 is 12.8. The van der Waals surface area contributed by atoms with Crippen molar-refractivity contribution in [1.82, 2.24) is 0 Å². The molecule has 0 aliphatic carbocycles. The van der Waals surface area contributed by atoms with Crippen LogP contribution < -0.4 is 0 Å². The van der Waals surface area contributed by atoms with Crippen LogP contribution in [0.2, 0.25) is 0 Å². The van der Waals surface area contributed by atoms with E-state index in [4.69, 9.17) is 0 Å². The van der Waals surface area contributed by atoms with Gasteiger partial charge in [-0.15, -0.1) is 0 Å². The SMILES string of the molecule is C=CC(=O)OC.C=CC(=O)OCCCC.O=C1C=CC(=O)O1. The smallest absolute Gasteiger partial charge is 0.338 e. The van der Waals surface area contributed by atoms with Crippen LogP contribution in [0.3, 0.4) is 0 Å². The van der Waals surface area contributed by atoms with Gasteiger partial charge in [-0.25, -0.2) is 19.2 Å². The molecule has 0 N–H and O–H groups in total. The molecule has 7 heteroatoms. The molecule has 122 valence electrons. The normalized spacial score (nSPS) is 11.0. The molecule has 7 nitrogen and oxygen atoms in total. The van der Waals surface area contributed by atoms with Crippen LogP contribution in [0.4, 0.5) is 0 Å². The van der Waals surface area contributed by atoms with Crippen LogP contribution in [-0.4, -0.2) is 37.6 Å². The van der Waals surface area contributed by atoms with E-state index in [-0.39, 0.29) is 5.97 Å². The van der Waals surface area contributed by atoms with Crippen LogP contribution in [0.15, 0.2) is 37.5 Å². The minimum atomic E-state index is -0.579. The topological polar surface area (TPSA) is 96.0 Å². The molecule has 0 radical (unpaired) electrons. The van der Waals surface area contributed by atoms with Crippen molar-refractivity contribution in [2.45, 2.75) is 19.8 Å². The highest BCUT2D eigenvalue weighted by molar-refractivity contribution is 6.04. The third-order valence-electron chi connectivity index (χ3n) is 1.83. The molecule has 22 heavy (non-hydrogen) atoms. The second-order valence-corrected chi connectivity index (χ2v) is 3.53. The molecule has 0 aromatic carbocycles. The minimum absolute atomic E-state index is 0.330. The van der Waals surface area contributed by atoms with Gasteiger partial charge < -0.3 is 14.2 Å². The predicted octanol–water partition coefficient (Wildman–Crippen LogP) is 1.49. The first-order valence-corrected chi connectivity index (χ1v) is 6.34. The van der Waals surface area contributed by atoms with E-state index in [9.17, 15) is 19.2 Å². The Morgan fingerprint density at radius 2 is 1.64 bits per heavy atom. The van der Waals surface area contributed by atoms with E-state index < -0.39 is 17.9 Å². The highest BCUT2D eigenvalue weighted by Gasteiger charge is 2.10. The van der Waals surface area contributed by atoms with Gasteiger partial charge in [0.05, 0.1) is 13.7 Å². The van der Waals surface area contributed by atoms with E-state index in [1.807, 2.05) is 6.92 Å². The Bertz CT molecular complexity index is 419. The number of methoxy groups -OCH3 is 1. The van der Waals surface area contributed by atoms with Crippen LogP contribution >= 0.6 is 0 Å². The number of ether oxygens (including phenoxy) is 3. The minimum Gasteiger partial charge on any atom is -0.466 e. The van der Waals surface area contributed by atoms with Crippen molar-refractivity contribution in [2.75, 3.05) is 13.7 Å². The number of unbranched alkanes of at least 4 members (excludes halogenated alkanes) is 1. The average molecular weight is 312 g/mol. The lowest BCUT2D eigenvalue weighted by Crippen LogP contribution is -2.00. The van der Waals surface area contributed by atoms with Crippen molar-refractivity contribution in [3.8, 4) is 0 Å². The molecule has 0 spiro atoms. The second kappa shape index (κ2) is 14.7. The third kappa shape index (κ3) is 15.4. The maximum Gasteiger partial charge on any atom is 0.338 e. The van der Waals surface area contributed by atoms with Crippen LogP contribution in [0.25, 0.3) is 0 Å². The summed E-state index contributed by atoms with van der Waals surface area (Å²) in [6.45, 7) is 8.98. The van der Waals surface area contributed by atoms with E-state index in [1.54, 1.807) is 0 Å². The molecule has 0 aromatic heterocycles. The Morgan fingerprint density at radius 1 is 1.14 bits per heavy atom. The summed E-state index contributed by atoms with van der Waals surface area (Å²) in [5.74, 6) is -1.88. The van der Waals surface area contributed by atoms with Crippen molar-refractivity contribution < 1.29 is 33.4 Å². The Hall–Kier alpha value is -2.70. The van der Waals surface area contributed by atoms with Crippen LogP contribution in [0.5, 0.6) is 0 Å². The highest BCUT2D eigenvalue weighted by Crippen LogP contribution is 1.92. The van der Waals surface area contributed by atoms with E-state index in [1.165, 1.54) is 13.2 Å². The molecule has 0 saturated heterocycles. The van der Waals surface area contributed by atoms with E-state index >= 15 is 0 Å². The zero-order valence-corrected chi connectivity index (χ0v) is 12.7. The molecule has 0 saturated carbocycles. The zero-order valence-electron chi connectivity index (χ0n) is 12.7. The molecule has 0 unspecified atom stereocenters. The quantitative estimate of drug-likeness (QED) is 0.249. The number of carbonyl (C=O) groups excluding carboxylic acids is 4. The molecule has 0 fully saturated rings. The second-order valence-electron chi connectivity index (χ2n) is 3.53. The lowest BCUT2D eigenvalue weighted by Gasteiger charge is -1.97. The number of rotatable bonds is 5. The third-order valence-corrected chi connectivity index (χ3v) is 1.83. The van der Waals surface area contributed by atoms with Gasteiger partial charge in [-0.1, -0.05) is 26.5 Å². The Balaban J connectivity index is 0. The highest BCUT2D eigenvalue weighted by atomic mass is 16.6. The number of esters is 4. The molecule has 1 aliphatic rings. The zero-order chi connectivity index (χ0) is 17.4. The van der Waals surface area contributed by atoms with Crippen molar-refractivity contribution in [3.05, 3.63) is 37.5 Å². The number of cyclic esters (lactones) is 2. The lowest BCUT2D eigenvalue weighted by molar-refractivity contribution is -0.150. The molecule has 0 aromatic rings. The van der Waals surface area contributed by atoms with Gasteiger partial charge in [-0.2, -0.15) is 0 Å². The van der Waals surface area contributed by atoms with Gasteiger partial charge >= 0.3 is 23.9 Å². The van der Waals surface area contributed by atoms with Crippen LogP contribution in [0, 0.1) is 0 Å². The number of hydrogen-bond donors (Lipinski definition) is 0. The van der Waals surface area contributed by atoms with Gasteiger partial charge in [0, 0.05) is 24.3 Å². The van der Waals surface area contributed by atoms with Gasteiger partial charge in [-0.3, -0.25) is 0 Å². The van der Waals surface area contributed by atoms with E-state index in [0.29, 0.717) is 6.61 Å². The van der Waals surface area contributed by atoms with Gasteiger partial charge in [0.1, 0.15) is 0 Å². The summed E-state index contributed by atoms with van der Waals surface area (Å²) in [6.07, 6.45) is 6.43. The molecule has 1 heterocycles. The number of carbonyl (C=O) groups is 4. The average Bonchev–Trinajstić information content (AvgIpc) is 2.91. The summed E-state index contributed by atoms with van der Waals surface area (Å²) in [6, 6.07) is 0. The molecule has 1 rings (SSSR count). The summed E-state index contributed by atoms with van der Waals surface area (Å²) >= 11 is 0. The maximum atomic E-state index is 10.3. The van der Waals surface area contributed by atoms with Crippen molar-refractivity contribution in [1.29, 1.82) is 0 Å². The van der Waals surface area contributed by atoms with Crippen LogP contribution in [0.1, 0.15) is 19.8 Å². The number of hydrogen-bond acceptors (Lipinski definition) is 7. The Morgan fingerprint density at radius 3 is 1.86 bits per heavy atom. The van der Waals surface area contributed by atoms with Crippen LogP contribution in [-0.2, 0) is 33.4 Å². The standard InChI is InChI=1S/C7H12O2.C4H2O3.C4H6O2/c1-3-5-6-9-7(8)4-2;5-3-1-2-4(6)7-3;1-3-4(5)6-2/h4H,2-3,5-6H2,1H3;1-2H;3H,1H2,2H3. The monoisotopic (exact) mass is 312 g/mol. The van der Waals surface area contributed by atoms with Gasteiger partial charge in [-0.05, 0) is 6.42 Å². The molecule has 0 bridgehead atoms. The molecule has 1 aliphatic heterocycles.